The highest BCUT2D eigenvalue weighted by atomic mass is 35.5. The van der Waals surface area contributed by atoms with Gasteiger partial charge in [0.25, 0.3) is 0 Å². The maximum absolute atomic E-state index is 11.2. The number of benzene rings is 1. The van der Waals surface area contributed by atoms with Gasteiger partial charge in [-0.25, -0.2) is 0 Å². The van der Waals surface area contributed by atoms with Crippen LogP contribution in [-0.2, 0) is 11.3 Å². The van der Waals surface area contributed by atoms with Crippen molar-refractivity contribution in [3.05, 3.63) is 29.3 Å². The van der Waals surface area contributed by atoms with Crippen molar-refractivity contribution in [3.63, 3.8) is 0 Å². The first-order valence-electron chi connectivity index (χ1n) is 6.68. The third kappa shape index (κ3) is 3.77. The molecule has 1 heterocycles. The number of primary amides is 1. The summed E-state index contributed by atoms with van der Waals surface area (Å²) in [5.74, 6) is 0.409. The molecule has 0 unspecified atom stereocenters. The molecule has 2 N–H and O–H groups in total. The van der Waals surface area contributed by atoms with Gasteiger partial charge in [0, 0.05) is 17.1 Å². The van der Waals surface area contributed by atoms with E-state index in [-0.39, 0.29) is 11.2 Å². The molecule has 1 atom stereocenters. The number of hydrogen-bond donors (Lipinski definition) is 1. The van der Waals surface area contributed by atoms with Gasteiger partial charge in [0.2, 0.25) is 5.91 Å². The Labute approximate surface area is 132 Å². The van der Waals surface area contributed by atoms with Gasteiger partial charge in [0.1, 0.15) is 0 Å². The fraction of sp³-hybridized carbons (Fsp3) is 0.357. The van der Waals surface area contributed by atoms with Gasteiger partial charge in [0.05, 0.1) is 5.25 Å². The first kappa shape index (κ1) is 15.9. The molecule has 112 valence electrons. The summed E-state index contributed by atoms with van der Waals surface area (Å²) in [6.45, 7) is 4.62. The van der Waals surface area contributed by atoms with Gasteiger partial charge < -0.3 is 10.3 Å². The first-order valence-corrected chi connectivity index (χ1v) is 7.93. The van der Waals surface area contributed by atoms with E-state index in [1.165, 1.54) is 11.8 Å². The van der Waals surface area contributed by atoms with Crippen LogP contribution in [0.2, 0.25) is 5.02 Å². The molecule has 1 amide bonds. The summed E-state index contributed by atoms with van der Waals surface area (Å²) in [7, 11) is 0. The Kier molecular flexibility index (Phi) is 5.25. The average Bonchev–Trinajstić information content (AvgIpc) is 2.83. The topological polar surface area (TPSA) is 73.8 Å². The maximum atomic E-state index is 11.2. The van der Waals surface area contributed by atoms with E-state index < -0.39 is 0 Å². The SMILES string of the molecule is CCCn1c(S[C@H](C)C(N)=O)nnc1-c1ccc(Cl)cc1. The average molecular weight is 325 g/mol. The number of halogens is 1. The van der Waals surface area contributed by atoms with Crippen molar-refractivity contribution in [2.45, 2.75) is 37.2 Å². The molecular formula is C14H17ClN4OS. The molecule has 0 spiro atoms. The minimum Gasteiger partial charge on any atom is -0.369 e. The number of nitrogens with two attached hydrogens (primary N) is 1. The molecule has 1 aromatic carbocycles. The van der Waals surface area contributed by atoms with Crippen molar-refractivity contribution in [3.8, 4) is 11.4 Å². The quantitative estimate of drug-likeness (QED) is 0.829. The number of carbonyl (C=O) groups is 1. The lowest BCUT2D eigenvalue weighted by atomic mass is 10.2. The van der Waals surface area contributed by atoms with E-state index in [2.05, 4.69) is 17.1 Å². The Morgan fingerprint density at radius 2 is 2.05 bits per heavy atom. The molecule has 0 aliphatic rings. The van der Waals surface area contributed by atoms with Gasteiger partial charge in [0.15, 0.2) is 11.0 Å². The van der Waals surface area contributed by atoms with Crippen molar-refractivity contribution in [2.24, 2.45) is 5.73 Å². The predicted molar refractivity (Wildman–Crippen MR) is 85.3 cm³/mol. The van der Waals surface area contributed by atoms with Crippen LogP contribution in [-0.4, -0.2) is 25.9 Å². The molecule has 7 heteroatoms. The highest BCUT2D eigenvalue weighted by Crippen LogP contribution is 2.27. The van der Waals surface area contributed by atoms with Crippen molar-refractivity contribution in [2.75, 3.05) is 0 Å². The van der Waals surface area contributed by atoms with Gasteiger partial charge in [-0.3, -0.25) is 4.79 Å². The lowest BCUT2D eigenvalue weighted by Crippen LogP contribution is -2.23. The van der Waals surface area contributed by atoms with Gasteiger partial charge in [-0.2, -0.15) is 0 Å². The third-order valence-corrected chi connectivity index (χ3v) is 4.30. The second kappa shape index (κ2) is 6.95. The zero-order valence-electron chi connectivity index (χ0n) is 11.9. The molecule has 5 nitrogen and oxygen atoms in total. The maximum Gasteiger partial charge on any atom is 0.230 e. The second-order valence-electron chi connectivity index (χ2n) is 4.63. The molecule has 0 bridgehead atoms. The van der Waals surface area contributed by atoms with Crippen molar-refractivity contribution >= 4 is 29.3 Å². The highest BCUT2D eigenvalue weighted by molar-refractivity contribution is 8.00. The van der Waals surface area contributed by atoms with Crippen LogP contribution in [0.1, 0.15) is 20.3 Å². The monoisotopic (exact) mass is 324 g/mol. The highest BCUT2D eigenvalue weighted by Gasteiger charge is 2.18. The third-order valence-electron chi connectivity index (χ3n) is 2.95. The van der Waals surface area contributed by atoms with Crippen LogP contribution in [0.3, 0.4) is 0 Å². The van der Waals surface area contributed by atoms with Crippen molar-refractivity contribution in [1.82, 2.24) is 14.8 Å². The Morgan fingerprint density at radius 3 is 2.62 bits per heavy atom. The smallest absolute Gasteiger partial charge is 0.230 e. The summed E-state index contributed by atoms with van der Waals surface area (Å²) in [5.41, 5.74) is 6.25. The Morgan fingerprint density at radius 1 is 1.38 bits per heavy atom. The van der Waals surface area contributed by atoms with Crippen LogP contribution in [0.25, 0.3) is 11.4 Å². The number of nitrogens with zero attached hydrogens (tertiary/aromatic N) is 3. The first-order chi connectivity index (χ1) is 10.0. The molecule has 0 saturated carbocycles. The van der Waals surface area contributed by atoms with Crippen LogP contribution in [0.4, 0.5) is 0 Å². The molecule has 2 rings (SSSR count). The summed E-state index contributed by atoms with van der Waals surface area (Å²) < 4.78 is 2.01. The Balaban J connectivity index is 2.36. The fourth-order valence-corrected chi connectivity index (χ4v) is 2.78. The number of hydrogen-bond acceptors (Lipinski definition) is 4. The molecule has 0 fully saturated rings. The minimum atomic E-state index is -0.362. The van der Waals surface area contributed by atoms with E-state index in [0.29, 0.717) is 10.2 Å². The Bertz CT molecular complexity index is 626. The number of rotatable bonds is 6. The zero-order valence-corrected chi connectivity index (χ0v) is 13.5. The number of amides is 1. The zero-order chi connectivity index (χ0) is 15.4. The summed E-state index contributed by atoms with van der Waals surface area (Å²) in [4.78, 5) is 11.2. The van der Waals surface area contributed by atoms with Crippen LogP contribution in [0, 0.1) is 0 Å². The minimum absolute atomic E-state index is 0.345. The van der Waals surface area contributed by atoms with Crippen LogP contribution in [0.5, 0.6) is 0 Å². The molecule has 0 aliphatic heterocycles. The van der Waals surface area contributed by atoms with Crippen molar-refractivity contribution in [1.29, 1.82) is 0 Å². The lowest BCUT2D eigenvalue weighted by Gasteiger charge is -2.10. The molecule has 0 saturated heterocycles. The van der Waals surface area contributed by atoms with E-state index in [9.17, 15) is 4.79 Å². The summed E-state index contributed by atoms with van der Waals surface area (Å²) in [6.07, 6.45) is 0.942. The standard InChI is InChI=1S/C14H17ClN4OS/c1-3-8-19-13(10-4-6-11(15)7-5-10)17-18-14(19)21-9(2)12(16)20/h4-7,9H,3,8H2,1-2H3,(H2,16,20)/t9-/m1/s1. The van der Waals surface area contributed by atoms with E-state index in [0.717, 1.165) is 24.4 Å². The normalized spacial score (nSPS) is 12.3. The Hall–Kier alpha value is -1.53. The molecule has 1 aromatic heterocycles. The number of aromatic nitrogens is 3. The second-order valence-corrected chi connectivity index (χ2v) is 6.37. The number of carbonyl (C=O) groups excluding carboxylic acids is 1. The van der Waals surface area contributed by atoms with E-state index in [1.54, 1.807) is 6.92 Å². The molecule has 0 aliphatic carbocycles. The van der Waals surface area contributed by atoms with E-state index in [4.69, 9.17) is 17.3 Å². The van der Waals surface area contributed by atoms with Gasteiger partial charge in [-0.05, 0) is 37.6 Å². The van der Waals surface area contributed by atoms with E-state index in [1.807, 2.05) is 28.8 Å². The summed E-state index contributed by atoms with van der Waals surface area (Å²) in [6, 6.07) is 7.45. The molecular weight excluding hydrogens is 308 g/mol. The molecule has 21 heavy (non-hydrogen) atoms. The van der Waals surface area contributed by atoms with Crippen molar-refractivity contribution < 1.29 is 4.79 Å². The van der Waals surface area contributed by atoms with Gasteiger partial charge in [-0.1, -0.05) is 30.3 Å². The van der Waals surface area contributed by atoms with E-state index >= 15 is 0 Å². The summed E-state index contributed by atoms with van der Waals surface area (Å²) in [5, 5.41) is 9.47. The lowest BCUT2D eigenvalue weighted by molar-refractivity contribution is -0.117. The van der Waals surface area contributed by atoms with Crippen LogP contribution in [0.15, 0.2) is 29.4 Å². The van der Waals surface area contributed by atoms with Crippen LogP contribution >= 0.6 is 23.4 Å². The van der Waals surface area contributed by atoms with Gasteiger partial charge >= 0.3 is 0 Å². The molecule has 2 aromatic rings. The van der Waals surface area contributed by atoms with Crippen LogP contribution < -0.4 is 5.73 Å². The number of thioether (sulfide) groups is 1. The largest absolute Gasteiger partial charge is 0.369 e. The summed E-state index contributed by atoms with van der Waals surface area (Å²) >= 11 is 7.24. The molecule has 0 radical (unpaired) electrons. The fourth-order valence-electron chi connectivity index (χ4n) is 1.83. The van der Waals surface area contributed by atoms with Gasteiger partial charge in [-0.15, -0.1) is 10.2 Å². The predicted octanol–water partition coefficient (Wildman–Crippen LogP) is 2.97.